The van der Waals surface area contributed by atoms with Gasteiger partial charge in [-0.3, -0.25) is 4.79 Å². The Bertz CT molecular complexity index is 474. The topological polar surface area (TPSA) is 55.4 Å². The summed E-state index contributed by atoms with van der Waals surface area (Å²) < 4.78 is 5.03. The second-order valence-electron chi connectivity index (χ2n) is 9.07. The van der Waals surface area contributed by atoms with Crippen molar-refractivity contribution in [2.75, 3.05) is 7.11 Å². The van der Waals surface area contributed by atoms with Gasteiger partial charge in [-0.05, 0) is 75.0 Å². The van der Waals surface area contributed by atoms with Crippen molar-refractivity contribution in [1.82, 2.24) is 5.32 Å². The van der Waals surface area contributed by atoms with Crippen LogP contribution in [0.2, 0.25) is 0 Å². The third kappa shape index (κ3) is 2.86. The Labute approximate surface area is 145 Å². The highest BCUT2D eigenvalue weighted by Gasteiger charge is 2.55. The van der Waals surface area contributed by atoms with Crippen molar-refractivity contribution in [3.8, 4) is 0 Å². The number of hydrogen-bond donors (Lipinski definition) is 1. The fraction of sp³-hybridized carbons (Fsp3) is 0.900. The van der Waals surface area contributed by atoms with E-state index in [1.54, 1.807) is 0 Å². The van der Waals surface area contributed by atoms with Crippen molar-refractivity contribution in [3.63, 3.8) is 0 Å². The maximum Gasteiger partial charge on any atom is 0.328 e. The van der Waals surface area contributed by atoms with Gasteiger partial charge in [0.2, 0.25) is 5.91 Å². The summed E-state index contributed by atoms with van der Waals surface area (Å²) >= 11 is 0. The number of rotatable bonds is 4. The van der Waals surface area contributed by atoms with Crippen molar-refractivity contribution in [2.45, 2.75) is 76.7 Å². The van der Waals surface area contributed by atoms with E-state index in [-0.39, 0.29) is 23.2 Å². The first kappa shape index (κ1) is 16.4. The van der Waals surface area contributed by atoms with Crippen LogP contribution in [0.4, 0.5) is 0 Å². The van der Waals surface area contributed by atoms with Crippen molar-refractivity contribution >= 4 is 11.9 Å². The molecule has 5 fully saturated rings. The molecule has 5 aliphatic rings. The number of ether oxygens (including phenoxy) is 1. The number of nitrogens with one attached hydrogen (secondary N) is 1. The zero-order valence-corrected chi connectivity index (χ0v) is 14.9. The number of carbonyl (C=O) groups is 2. The second kappa shape index (κ2) is 6.34. The van der Waals surface area contributed by atoms with E-state index in [1.165, 1.54) is 32.8 Å². The van der Waals surface area contributed by atoms with Gasteiger partial charge in [-0.15, -0.1) is 0 Å². The Morgan fingerprint density at radius 1 is 0.958 bits per heavy atom. The van der Waals surface area contributed by atoms with E-state index in [0.717, 1.165) is 62.7 Å². The largest absolute Gasteiger partial charge is 0.467 e. The van der Waals surface area contributed by atoms with E-state index in [1.807, 2.05) is 0 Å². The maximum atomic E-state index is 13.3. The molecule has 1 atom stereocenters. The summed E-state index contributed by atoms with van der Waals surface area (Å²) in [4.78, 5) is 25.6. The van der Waals surface area contributed by atoms with Crippen LogP contribution in [0.3, 0.4) is 0 Å². The minimum absolute atomic E-state index is 0.155. The smallest absolute Gasteiger partial charge is 0.328 e. The first-order valence-corrected chi connectivity index (χ1v) is 9.98. The van der Waals surface area contributed by atoms with Gasteiger partial charge in [-0.25, -0.2) is 4.79 Å². The van der Waals surface area contributed by atoms with Gasteiger partial charge >= 0.3 is 5.97 Å². The standard InChI is InChI=1S/C20H31NO3/c1-24-18(22)17(16-5-3-2-4-6-16)21-19(23)20-10-13-7-14(11-20)9-15(8-13)12-20/h13-17H,2-12H2,1H3,(H,21,23)/t13?,14?,15?,17-,20?/m1/s1. The first-order chi connectivity index (χ1) is 11.6. The Kier molecular flexibility index (Phi) is 4.34. The molecule has 1 amide bonds. The molecule has 0 spiro atoms. The van der Waals surface area contributed by atoms with Gasteiger partial charge in [-0.1, -0.05) is 19.3 Å². The average Bonchev–Trinajstić information content (AvgIpc) is 2.58. The lowest BCUT2D eigenvalue weighted by atomic mass is 9.49. The summed E-state index contributed by atoms with van der Waals surface area (Å²) in [6.45, 7) is 0. The molecular formula is C20H31NO3. The Morgan fingerprint density at radius 2 is 1.50 bits per heavy atom. The summed E-state index contributed by atoms with van der Waals surface area (Å²) in [7, 11) is 1.44. The summed E-state index contributed by atoms with van der Waals surface area (Å²) in [6.07, 6.45) is 12.7. The van der Waals surface area contributed by atoms with Crippen LogP contribution in [0.1, 0.15) is 70.6 Å². The van der Waals surface area contributed by atoms with Gasteiger partial charge < -0.3 is 10.1 Å². The van der Waals surface area contributed by atoms with Crippen molar-refractivity contribution in [2.24, 2.45) is 29.1 Å². The lowest BCUT2D eigenvalue weighted by Crippen LogP contribution is -2.57. The maximum absolute atomic E-state index is 13.3. The zero-order chi connectivity index (χ0) is 16.7. The van der Waals surface area contributed by atoms with E-state index < -0.39 is 6.04 Å². The van der Waals surface area contributed by atoms with Gasteiger partial charge in [0.1, 0.15) is 6.04 Å². The second-order valence-corrected chi connectivity index (χ2v) is 9.07. The van der Waals surface area contributed by atoms with Crippen LogP contribution in [-0.2, 0) is 14.3 Å². The Balaban J connectivity index is 1.49. The molecule has 0 unspecified atom stereocenters. The van der Waals surface area contributed by atoms with E-state index in [4.69, 9.17) is 4.74 Å². The van der Waals surface area contributed by atoms with Gasteiger partial charge in [0, 0.05) is 5.41 Å². The predicted octanol–water partition coefficient (Wildman–Crippen LogP) is 3.44. The highest BCUT2D eigenvalue weighted by Crippen LogP contribution is 2.60. The molecule has 0 aromatic rings. The lowest BCUT2D eigenvalue weighted by molar-refractivity contribution is -0.154. The SMILES string of the molecule is COC(=O)[C@H](NC(=O)C12CC3CC(CC(C3)C1)C2)C1CCCCC1. The van der Waals surface area contributed by atoms with Crippen molar-refractivity contribution in [3.05, 3.63) is 0 Å². The molecule has 4 nitrogen and oxygen atoms in total. The molecule has 0 heterocycles. The number of amides is 1. The van der Waals surface area contributed by atoms with Crippen LogP contribution in [0.15, 0.2) is 0 Å². The molecule has 0 saturated heterocycles. The molecule has 24 heavy (non-hydrogen) atoms. The zero-order valence-electron chi connectivity index (χ0n) is 14.9. The minimum atomic E-state index is -0.434. The molecule has 4 heteroatoms. The van der Waals surface area contributed by atoms with Gasteiger partial charge in [0.05, 0.1) is 7.11 Å². The third-order valence-corrected chi connectivity index (χ3v) is 7.38. The normalized spacial score (nSPS) is 39.5. The molecule has 5 aliphatic carbocycles. The highest BCUT2D eigenvalue weighted by molar-refractivity contribution is 5.88. The quantitative estimate of drug-likeness (QED) is 0.802. The molecule has 0 aliphatic heterocycles. The van der Waals surface area contributed by atoms with E-state index in [0.29, 0.717) is 0 Å². The number of hydrogen-bond acceptors (Lipinski definition) is 3. The van der Waals surface area contributed by atoms with Crippen LogP contribution >= 0.6 is 0 Å². The van der Waals surface area contributed by atoms with Crippen LogP contribution in [0.5, 0.6) is 0 Å². The number of methoxy groups -OCH3 is 1. The molecular weight excluding hydrogens is 302 g/mol. The summed E-state index contributed by atoms with van der Waals surface area (Å²) in [5, 5.41) is 3.18. The Morgan fingerprint density at radius 3 is 2.00 bits per heavy atom. The molecule has 134 valence electrons. The first-order valence-electron chi connectivity index (χ1n) is 9.98. The fourth-order valence-corrected chi connectivity index (χ4v) is 6.65. The summed E-state index contributed by atoms with van der Waals surface area (Å²) in [6, 6.07) is -0.434. The van der Waals surface area contributed by atoms with E-state index in [2.05, 4.69) is 5.32 Å². The van der Waals surface area contributed by atoms with Crippen LogP contribution < -0.4 is 5.32 Å². The molecule has 0 aromatic carbocycles. The van der Waals surface area contributed by atoms with Crippen LogP contribution in [-0.4, -0.2) is 25.0 Å². The molecule has 0 radical (unpaired) electrons. The summed E-state index contributed by atoms with van der Waals surface area (Å²) in [5.74, 6) is 2.39. The minimum Gasteiger partial charge on any atom is -0.467 e. The average molecular weight is 333 g/mol. The lowest BCUT2D eigenvalue weighted by Gasteiger charge is -2.56. The van der Waals surface area contributed by atoms with Crippen LogP contribution in [0, 0.1) is 29.1 Å². The molecule has 1 N–H and O–H groups in total. The van der Waals surface area contributed by atoms with Crippen molar-refractivity contribution in [1.29, 1.82) is 0 Å². The third-order valence-electron chi connectivity index (χ3n) is 7.38. The summed E-state index contributed by atoms with van der Waals surface area (Å²) in [5.41, 5.74) is -0.185. The van der Waals surface area contributed by atoms with Crippen molar-refractivity contribution < 1.29 is 14.3 Å². The number of esters is 1. The van der Waals surface area contributed by atoms with Crippen LogP contribution in [0.25, 0.3) is 0 Å². The highest BCUT2D eigenvalue weighted by atomic mass is 16.5. The predicted molar refractivity (Wildman–Crippen MR) is 91.1 cm³/mol. The van der Waals surface area contributed by atoms with E-state index >= 15 is 0 Å². The Hall–Kier alpha value is -1.06. The molecule has 0 aromatic heterocycles. The van der Waals surface area contributed by atoms with Gasteiger partial charge in [0.15, 0.2) is 0 Å². The molecule has 5 rings (SSSR count). The molecule has 4 bridgehead atoms. The monoisotopic (exact) mass is 333 g/mol. The fourth-order valence-electron chi connectivity index (χ4n) is 6.65. The number of carbonyl (C=O) groups excluding carboxylic acids is 2. The van der Waals surface area contributed by atoms with E-state index in [9.17, 15) is 9.59 Å². The van der Waals surface area contributed by atoms with Gasteiger partial charge in [-0.2, -0.15) is 0 Å². The molecule has 5 saturated carbocycles. The van der Waals surface area contributed by atoms with Gasteiger partial charge in [0.25, 0.3) is 0 Å².